The van der Waals surface area contributed by atoms with E-state index < -0.39 is 25.4 Å². The SMILES string of the molecule is CCS(=O)(=O)CCOc1ccc(S(=O)(=O)NC2(c3ccc(Cl)cc3)CCC2)cc1. The van der Waals surface area contributed by atoms with Crippen molar-refractivity contribution < 1.29 is 21.6 Å². The van der Waals surface area contributed by atoms with Gasteiger partial charge in [0, 0.05) is 10.8 Å². The van der Waals surface area contributed by atoms with E-state index in [0.717, 1.165) is 24.8 Å². The standard InChI is InChI=1S/C20H24ClNO5S2/c1-2-28(23,24)15-14-27-18-8-10-19(11-9-18)29(25,26)22-20(12-3-13-20)16-4-6-17(21)7-5-16/h4-11,22H,2-3,12-15H2,1H3. The van der Waals surface area contributed by atoms with Crippen LogP contribution in [0.5, 0.6) is 5.75 Å². The Morgan fingerprint density at radius 3 is 2.14 bits per heavy atom. The molecule has 1 N–H and O–H groups in total. The Labute approximate surface area is 177 Å². The van der Waals surface area contributed by atoms with E-state index in [9.17, 15) is 16.8 Å². The normalized spacial score (nSPS) is 16.2. The molecule has 1 aliphatic carbocycles. The minimum Gasteiger partial charge on any atom is -0.493 e. The lowest BCUT2D eigenvalue weighted by atomic mass is 9.73. The molecule has 9 heteroatoms. The minimum absolute atomic E-state index is 0.0280. The first-order valence-corrected chi connectivity index (χ1v) is 13.1. The first-order valence-electron chi connectivity index (χ1n) is 9.39. The van der Waals surface area contributed by atoms with E-state index in [1.807, 2.05) is 12.1 Å². The molecule has 2 aromatic rings. The predicted octanol–water partition coefficient (Wildman–Crippen LogP) is 3.51. The number of rotatable bonds is 9. The van der Waals surface area contributed by atoms with Crippen LogP contribution in [0.15, 0.2) is 53.4 Å². The molecule has 1 aliphatic rings. The van der Waals surface area contributed by atoms with Gasteiger partial charge in [-0.3, -0.25) is 0 Å². The quantitative estimate of drug-likeness (QED) is 0.622. The van der Waals surface area contributed by atoms with Crippen LogP contribution in [0.3, 0.4) is 0 Å². The Morgan fingerprint density at radius 1 is 1.00 bits per heavy atom. The number of nitrogens with one attached hydrogen (secondary N) is 1. The average Bonchev–Trinajstić information content (AvgIpc) is 2.66. The molecule has 0 heterocycles. The van der Waals surface area contributed by atoms with Gasteiger partial charge < -0.3 is 4.74 Å². The smallest absolute Gasteiger partial charge is 0.241 e. The van der Waals surface area contributed by atoms with E-state index in [4.69, 9.17) is 16.3 Å². The highest BCUT2D eigenvalue weighted by atomic mass is 35.5. The van der Waals surface area contributed by atoms with Gasteiger partial charge in [0.1, 0.15) is 12.4 Å². The molecule has 1 saturated carbocycles. The monoisotopic (exact) mass is 457 g/mol. The van der Waals surface area contributed by atoms with Crippen molar-refractivity contribution in [2.45, 2.75) is 36.6 Å². The second-order valence-electron chi connectivity index (χ2n) is 7.10. The van der Waals surface area contributed by atoms with E-state index in [0.29, 0.717) is 10.8 Å². The summed E-state index contributed by atoms with van der Waals surface area (Å²) in [7, 11) is -6.84. The lowest BCUT2D eigenvalue weighted by molar-refractivity contribution is 0.224. The molecule has 6 nitrogen and oxygen atoms in total. The molecule has 0 radical (unpaired) electrons. The van der Waals surface area contributed by atoms with Crippen LogP contribution in [0.1, 0.15) is 31.7 Å². The Bertz CT molecular complexity index is 1050. The van der Waals surface area contributed by atoms with Crippen LogP contribution in [0, 0.1) is 0 Å². The summed E-state index contributed by atoms with van der Waals surface area (Å²) in [6.45, 7) is 1.61. The number of ether oxygens (including phenoxy) is 1. The van der Waals surface area contributed by atoms with Gasteiger partial charge in [-0.15, -0.1) is 0 Å². The summed E-state index contributed by atoms with van der Waals surface area (Å²) < 4.78 is 57.1. The Balaban J connectivity index is 1.70. The fourth-order valence-corrected chi connectivity index (χ4v) is 5.41. The van der Waals surface area contributed by atoms with Crippen LogP contribution >= 0.6 is 11.6 Å². The van der Waals surface area contributed by atoms with Crippen molar-refractivity contribution in [2.24, 2.45) is 0 Å². The third kappa shape index (κ3) is 5.31. The summed E-state index contributed by atoms with van der Waals surface area (Å²) in [6, 6.07) is 13.2. The fraction of sp³-hybridized carbons (Fsp3) is 0.400. The van der Waals surface area contributed by atoms with Gasteiger partial charge >= 0.3 is 0 Å². The molecular formula is C20H24ClNO5S2. The summed E-state index contributed by atoms with van der Waals surface area (Å²) in [5, 5.41) is 0.605. The van der Waals surface area contributed by atoms with Gasteiger partial charge in [-0.25, -0.2) is 21.6 Å². The van der Waals surface area contributed by atoms with Gasteiger partial charge in [0.25, 0.3) is 0 Å². The van der Waals surface area contributed by atoms with E-state index in [-0.39, 0.29) is 23.0 Å². The van der Waals surface area contributed by atoms with Crippen molar-refractivity contribution in [3.63, 3.8) is 0 Å². The molecule has 2 aromatic carbocycles. The van der Waals surface area contributed by atoms with E-state index in [1.54, 1.807) is 19.1 Å². The topological polar surface area (TPSA) is 89.5 Å². The van der Waals surface area contributed by atoms with Crippen LogP contribution in [0.4, 0.5) is 0 Å². The zero-order valence-corrected chi connectivity index (χ0v) is 18.5. The van der Waals surface area contributed by atoms with E-state index in [2.05, 4.69) is 4.72 Å². The first kappa shape index (κ1) is 22.1. The van der Waals surface area contributed by atoms with Crippen LogP contribution in [-0.4, -0.2) is 34.9 Å². The average molecular weight is 458 g/mol. The van der Waals surface area contributed by atoms with Crippen LogP contribution in [0.25, 0.3) is 0 Å². The van der Waals surface area contributed by atoms with Crippen molar-refractivity contribution in [3.05, 3.63) is 59.1 Å². The molecule has 1 fully saturated rings. The van der Waals surface area contributed by atoms with Gasteiger partial charge in [0.2, 0.25) is 10.0 Å². The third-order valence-electron chi connectivity index (χ3n) is 5.17. The number of hydrogen-bond donors (Lipinski definition) is 1. The van der Waals surface area contributed by atoms with Crippen LogP contribution in [-0.2, 0) is 25.4 Å². The number of sulfone groups is 1. The number of hydrogen-bond acceptors (Lipinski definition) is 5. The molecule has 0 atom stereocenters. The molecule has 0 bridgehead atoms. The predicted molar refractivity (Wildman–Crippen MR) is 114 cm³/mol. The molecule has 0 spiro atoms. The molecule has 0 unspecified atom stereocenters. The number of sulfonamides is 1. The number of benzene rings is 2. The van der Waals surface area contributed by atoms with Gasteiger partial charge in [-0.2, -0.15) is 0 Å². The molecular weight excluding hydrogens is 434 g/mol. The van der Waals surface area contributed by atoms with Gasteiger partial charge in [-0.1, -0.05) is 30.7 Å². The van der Waals surface area contributed by atoms with Gasteiger partial charge in [-0.05, 0) is 61.2 Å². The third-order valence-corrected chi connectivity index (χ3v) is 8.64. The molecule has 29 heavy (non-hydrogen) atoms. The lowest BCUT2D eigenvalue weighted by Crippen LogP contribution is -2.50. The fourth-order valence-electron chi connectivity index (χ4n) is 3.21. The maximum absolute atomic E-state index is 12.9. The van der Waals surface area contributed by atoms with Crippen molar-refractivity contribution >= 4 is 31.5 Å². The molecule has 158 valence electrons. The Morgan fingerprint density at radius 2 is 1.62 bits per heavy atom. The largest absolute Gasteiger partial charge is 0.493 e. The van der Waals surface area contributed by atoms with Gasteiger partial charge in [0.05, 0.1) is 16.2 Å². The summed E-state index contributed by atoms with van der Waals surface area (Å²) in [5.41, 5.74) is 0.279. The Kier molecular flexibility index (Phi) is 6.57. The highest BCUT2D eigenvalue weighted by Gasteiger charge is 2.42. The van der Waals surface area contributed by atoms with Crippen molar-refractivity contribution in [1.29, 1.82) is 0 Å². The second kappa shape index (κ2) is 8.63. The molecule has 0 aliphatic heterocycles. The molecule has 0 saturated heterocycles. The summed E-state index contributed by atoms with van der Waals surface area (Å²) in [5.74, 6) is 0.412. The lowest BCUT2D eigenvalue weighted by Gasteiger charge is -2.42. The summed E-state index contributed by atoms with van der Waals surface area (Å²) in [6.07, 6.45) is 2.39. The maximum atomic E-state index is 12.9. The van der Waals surface area contributed by atoms with Crippen molar-refractivity contribution in [2.75, 3.05) is 18.1 Å². The highest BCUT2D eigenvalue weighted by Crippen LogP contribution is 2.42. The molecule has 0 amide bonds. The zero-order valence-electron chi connectivity index (χ0n) is 16.1. The van der Waals surface area contributed by atoms with Crippen molar-refractivity contribution in [1.82, 2.24) is 4.72 Å². The van der Waals surface area contributed by atoms with Crippen LogP contribution in [0.2, 0.25) is 5.02 Å². The molecule has 0 aromatic heterocycles. The van der Waals surface area contributed by atoms with E-state index >= 15 is 0 Å². The van der Waals surface area contributed by atoms with Crippen molar-refractivity contribution in [3.8, 4) is 5.75 Å². The zero-order chi connectivity index (χ0) is 21.1. The second-order valence-corrected chi connectivity index (χ2v) is 11.7. The first-order chi connectivity index (χ1) is 13.7. The summed E-state index contributed by atoms with van der Waals surface area (Å²) >= 11 is 5.95. The number of halogens is 1. The van der Waals surface area contributed by atoms with Crippen LogP contribution < -0.4 is 9.46 Å². The summed E-state index contributed by atoms with van der Waals surface area (Å²) in [4.78, 5) is 0.131. The Hall–Kier alpha value is -1.61. The van der Waals surface area contributed by atoms with E-state index in [1.165, 1.54) is 24.3 Å². The minimum atomic E-state index is -3.74. The highest BCUT2D eigenvalue weighted by molar-refractivity contribution is 7.91. The van der Waals surface area contributed by atoms with Gasteiger partial charge in [0.15, 0.2) is 9.84 Å². The molecule has 3 rings (SSSR count). The maximum Gasteiger partial charge on any atom is 0.241 e.